The fraction of sp³-hybridized carbons (Fsp3) is 0.200. The minimum absolute atomic E-state index is 0.0318. The number of nitrogens with zero attached hydrogens (tertiary/aromatic N) is 1. The molecule has 0 aromatic heterocycles. The number of esters is 1. The normalized spacial score (nSPS) is 10.4. The quantitative estimate of drug-likeness (QED) is 0.646. The molecule has 5 heteroatoms. The van der Waals surface area contributed by atoms with Crippen LogP contribution in [0.25, 0.3) is 0 Å². The van der Waals surface area contributed by atoms with Crippen LogP contribution in [-0.2, 0) is 16.1 Å². The van der Waals surface area contributed by atoms with Gasteiger partial charge in [0.15, 0.2) is 0 Å². The number of benzene rings is 2. The molecule has 0 saturated carbocycles. The number of phenolic OH excluding ortho intramolecular Hbond substituents is 1. The number of hydrogen-bond acceptors (Lipinski definition) is 4. The Labute approximate surface area is 147 Å². The Morgan fingerprint density at radius 2 is 1.68 bits per heavy atom. The predicted octanol–water partition coefficient (Wildman–Crippen LogP) is 3.50. The highest BCUT2D eigenvalue weighted by molar-refractivity contribution is 6.00. The molecule has 0 aliphatic heterocycles. The van der Waals surface area contributed by atoms with Crippen molar-refractivity contribution in [2.45, 2.75) is 26.5 Å². The van der Waals surface area contributed by atoms with Gasteiger partial charge in [-0.1, -0.05) is 36.9 Å². The first-order chi connectivity index (χ1) is 11.9. The smallest absolute Gasteiger partial charge is 0.354 e. The molecule has 2 rings (SSSR count). The average Bonchev–Trinajstić information content (AvgIpc) is 2.59. The molecular formula is C20H21NO4. The van der Waals surface area contributed by atoms with E-state index < -0.39 is 11.9 Å². The highest BCUT2D eigenvalue weighted by atomic mass is 16.5. The van der Waals surface area contributed by atoms with E-state index in [2.05, 4.69) is 6.58 Å². The van der Waals surface area contributed by atoms with Crippen molar-refractivity contribution < 1.29 is 19.4 Å². The van der Waals surface area contributed by atoms with E-state index in [4.69, 9.17) is 4.74 Å². The molecule has 2 aromatic carbocycles. The molecule has 0 bridgehead atoms. The van der Waals surface area contributed by atoms with E-state index in [1.807, 2.05) is 30.3 Å². The lowest BCUT2D eigenvalue weighted by atomic mass is 10.1. The van der Waals surface area contributed by atoms with Gasteiger partial charge in [0.05, 0.1) is 12.6 Å². The summed E-state index contributed by atoms with van der Waals surface area (Å²) in [6, 6.07) is 15.1. The van der Waals surface area contributed by atoms with Crippen molar-refractivity contribution in [2.75, 3.05) is 0 Å². The van der Waals surface area contributed by atoms with Crippen LogP contribution >= 0.6 is 0 Å². The highest BCUT2D eigenvalue weighted by Gasteiger charge is 2.25. The Balaban J connectivity index is 2.30. The molecule has 0 aliphatic carbocycles. The van der Waals surface area contributed by atoms with Crippen molar-refractivity contribution in [3.63, 3.8) is 0 Å². The van der Waals surface area contributed by atoms with Gasteiger partial charge < -0.3 is 9.84 Å². The third-order valence-corrected chi connectivity index (χ3v) is 3.45. The van der Waals surface area contributed by atoms with Crippen molar-refractivity contribution in [1.82, 2.24) is 4.90 Å². The summed E-state index contributed by atoms with van der Waals surface area (Å²) in [4.78, 5) is 26.4. The number of carbonyl (C=O) groups excluding carboxylic acids is 2. The molecule has 2 aromatic rings. The number of rotatable bonds is 6. The van der Waals surface area contributed by atoms with Gasteiger partial charge in [-0.05, 0) is 43.7 Å². The van der Waals surface area contributed by atoms with E-state index in [0.717, 1.165) is 5.56 Å². The second kappa shape index (κ2) is 8.15. The molecule has 0 radical (unpaired) electrons. The standard InChI is InChI=1S/C20H21NO4/c1-14(2)25-20(24)15(3)21(13-16-7-5-4-6-8-16)19(23)17-9-11-18(22)12-10-17/h4-12,14,22H,3,13H2,1-2H3. The summed E-state index contributed by atoms with van der Waals surface area (Å²) in [6.07, 6.45) is -0.313. The maximum absolute atomic E-state index is 12.9. The van der Waals surface area contributed by atoms with Gasteiger partial charge in [0.25, 0.3) is 5.91 Å². The summed E-state index contributed by atoms with van der Waals surface area (Å²) >= 11 is 0. The van der Waals surface area contributed by atoms with Gasteiger partial charge in [0, 0.05) is 5.56 Å². The molecule has 0 heterocycles. The van der Waals surface area contributed by atoms with Gasteiger partial charge in [-0.15, -0.1) is 0 Å². The van der Waals surface area contributed by atoms with Gasteiger partial charge in [0.1, 0.15) is 11.4 Å². The molecule has 0 fully saturated rings. The van der Waals surface area contributed by atoms with E-state index in [9.17, 15) is 14.7 Å². The van der Waals surface area contributed by atoms with Gasteiger partial charge in [-0.3, -0.25) is 9.69 Å². The zero-order valence-electron chi connectivity index (χ0n) is 14.3. The maximum Gasteiger partial charge on any atom is 0.354 e. The van der Waals surface area contributed by atoms with E-state index in [0.29, 0.717) is 5.56 Å². The minimum Gasteiger partial charge on any atom is -0.508 e. The van der Waals surface area contributed by atoms with E-state index in [1.54, 1.807) is 13.8 Å². The molecule has 0 unspecified atom stereocenters. The van der Waals surface area contributed by atoms with Crippen LogP contribution in [-0.4, -0.2) is 28.0 Å². The van der Waals surface area contributed by atoms with Gasteiger partial charge in [0.2, 0.25) is 0 Å². The highest BCUT2D eigenvalue weighted by Crippen LogP contribution is 2.18. The van der Waals surface area contributed by atoms with Crippen LogP contribution in [0.3, 0.4) is 0 Å². The van der Waals surface area contributed by atoms with Crippen molar-refractivity contribution in [3.8, 4) is 5.75 Å². The van der Waals surface area contributed by atoms with Crippen LogP contribution in [0, 0.1) is 0 Å². The summed E-state index contributed by atoms with van der Waals surface area (Å²) in [5.41, 5.74) is 1.16. The number of phenols is 1. The van der Waals surface area contributed by atoms with Crippen LogP contribution in [0.2, 0.25) is 0 Å². The second-order valence-corrected chi connectivity index (χ2v) is 5.82. The summed E-state index contributed by atoms with van der Waals surface area (Å²) in [7, 11) is 0. The van der Waals surface area contributed by atoms with E-state index >= 15 is 0 Å². The molecule has 5 nitrogen and oxygen atoms in total. The zero-order valence-corrected chi connectivity index (χ0v) is 14.3. The third-order valence-electron chi connectivity index (χ3n) is 3.45. The Bertz CT molecular complexity index is 751. The Morgan fingerprint density at radius 3 is 2.24 bits per heavy atom. The minimum atomic E-state index is -0.641. The lowest BCUT2D eigenvalue weighted by Crippen LogP contribution is -2.34. The third kappa shape index (κ3) is 4.94. The number of hydrogen-bond donors (Lipinski definition) is 1. The van der Waals surface area contributed by atoms with Gasteiger partial charge in [-0.2, -0.15) is 0 Å². The average molecular weight is 339 g/mol. The number of ether oxygens (including phenoxy) is 1. The van der Waals surface area contributed by atoms with Gasteiger partial charge in [-0.25, -0.2) is 4.79 Å². The molecule has 0 atom stereocenters. The molecule has 1 amide bonds. The predicted molar refractivity (Wildman–Crippen MR) is 94.8 cm³/mol. The van der Waals surface area contributed by atoms with Crippen molar-refractivity contribution in [2.24, 2.45) is 0 Å². The van der Waals surface area contributed by atoms with Crippen LogP contribution in [0.4, 0.5) is 0 Å². The summed E-state index contributed by atoms with van der Waals surface area (Å²) in [5.74, 6) is -0.975. The molecule has 25 heavy (non-hydrogen) atoms. The fourth-order valence-electron chi connectivity index (χ4n) is 2.21. The number of carbonyl (C=O) groups is 2. The first-order valence-corrected chi connectivity index (χ1v) is 7.93. The second-order valence-electron chi connectivity index (χ2n) is 5.82. The molecule has 0 spiro atoms. The fourth-order valence-corrected chi connectivity index (χ4v) is 2.21. The first-order valence-electron chi connectivity index (χ1n) is 7.93. The maximum atomic E-state index is 12.9. The summed E-state index contributed by atoms with van der Waals surface area (Å²) < 4.78 is 5.16. The topological polar surface area (TPSA) is 66.8 Å². The van der Waals surface area contributed by atoms with Crippen LogP contribution in [0.1, 0.15) is 29.8 Å². The molecule has 1 N–H and O–H groups in total. The molecule has 0 aliphatic rings. The lowest BCUT2D eigenvalue weighted by Gasteiger charge is -2.24. The van der Waals surface area contributed by atoms with Crippen molar-refractivity contribution in [3.05, 3.63) is 78.0 Å². The Morgan fingerprint density at radius 1 is 1.08 bits per heavy atom. The molecule has 0 saturated heterocycles. The lowest BCUT2D eigenvalue weighted by molar-refractivity contribution is -0.144. The zero-order chi connectivity index (χ0) is 18.4. The Hall–Kier alpha value is -3.08. The van der Waals surface area contributed by atoms with E-state index in [-0.39, 0.29) is 24.1 Å². The SMILES string of the molecule is C=C(C(=O)OC(C)C)N(Cc1ccccc1)C(=O)c1ccc(O)cc1. The monoisotopic (exact) mass is 339 g/mol. The summed E-state index contributed by atoms with van der Waals surface area (Å²) in [6.45, 7) is 7.40. The van der Waals surface area contributed by atoms with Gasteiger partial charge >= 0.3 is 5.97 Å². The van der Waals surface area contributed by atoms with Crippen LogP contribution < -0.4 is 0 Å². The van der Waals surface area contributed by atoms with Crippen LogP contribution in [0.5, 0.6) is 5.75 Å². The summed E-state index contributed by atoms with van der Waals surface area (Å²) in [5, 5.41) is 9.39. The first kappa shape index (κ1) is 18.3. The number of aromatic hydroxyl groups is 1. The van der Waals surface area contributed by atoms with E-state index in [1.165, 1.54) is 29.2 Å². The van der Waals surface area contributed by atoms with Crippen LogP contribution in [0.15, 0.2) is 66.9 Å². The number of amides is 1. The Kier molecular flexibility index (Phi) is 5.95. The molecular weight excluding hydrogens is 318 g/mol. The largest absolute Gasteiger partial charge is 0.508 e. The molecule has 130 valence electrons. The van der Waals surface area contributed by atoms with Crippen molar-refractivity contribution >= 4 is 11.9 Å². The van der Waals surface area contributed by atoms with Crippen molar-refractivity contribution in [1.29, 1.82) is 0 Å².